The quantitative estimate of drug-likeness (QED) is 0.249. The molecule has 196 valence electrons. The van der Waals surface area contributed by atoms with Crippen molar-refractivity contribution >= 4 is 46.3 Å². The smallest absolute Gasteiger partial charge is 0.416 e. The van der Waals surface area contributed by atoms with Gasteiger partial charge in [0.2, 0.25) is 0 Å². The van der Waals surface area contributed by atoms with E-state index in [2.05, 4.69) is 0 Å². The van der Waals surface area contributed by atoms with Crippen LogP contribution in [0.15, 0.2) is 77.7 Å². The van der Waals surface area contributed by atoms with E-state index >= 15 is 0 Å². The average Bonchev–Trinajstić information content (AvgIpc) is 3.14. The molecule has 6 nitrogen and oxygen atoms in total. The van der Waals surface area contributed by atoms with Gasteiger partial charge in [0.05, 0.1) is 10.5 Å². The molecule has 0 saturated carbocycles. The molecule has 1 saturated heterocycles. The van der Waals surface area contributed by atoms with Crippen molar-refractivity contribution in [2.45, 2.75) is 19.4 Å². The highest BCUT2D eigenvalue weighted by atomic mass is 32.2. The molecule has 3 aromatic rings. The third-order valence-electron chi connectivity index (χ3n) is 5.35. The van der Waals surface area contributed by atoms with Crippen LogP contribution in [-0.2, 0) is 29.0 Å². The van der Waals surface area contributed by atoms with Gasteiger partial charge in [0.1, 0.15) is 24.1 Å². The second-order valence-electron chi connectivity index (χ2n) is 8.13. The first-order chi connectivity index (χ1) is 18.1. The molecule has 1 aliphatic heterocycles. The number of alkyl halides is 3. The third kappa shape index (κ3) is 6.93. The number of carbonyl (C=O) groups excluding carboxylic acids is 1. The summed E-state index contributed by atoms with van der Waals surface area (Å²) in [4.78, 5) is 25.0. The number of benzene rings is 3. The summed E-state index contributed by atoms with van der Waals surface area (Å²) in [5, 5.41) is 9.02. The van der Waals surface area contributed by atoms with Crippen molar-refractivity contribution in [3.8, 4) is 11.5 Å². The highest BCUT2D eigenvalue weighted by Gasteiger charge is 2.33. The maximum atomic E-state index is 12.8. The normalized spacial score (nSPS) is 14.7. The molecular weight excluding hydrogens is 539 g/mol. The average molecular weight is 560 g/mol. The Labute approximate surface area is 225 Å². The van der Waals surface area contributed by atoms with Crippen LogP contribution in [0.25, 0.3) is 6.08 Å². The lowest BCUT2D eigenvalue weighted by molar-refractivity contribution is -0.140. The number of carboxylic acid groups (broad SMARTS) is 1. The van der Waals surface area contributed by atoms with Crippen LogP contribution in [-0.4, -0.2) is 32.7 Å². The predicted molar refractivity (Wildman–Crippen MR) is 141 cm³/mol. The number of thioether (sulfide) groups is 1. The number of rotatable bonds is 9. The molecule has 0 unspecified atom stereocenters. The van der Waals surface area contributed by atoms with E-state index in [4.69, 9.17) is 26.8 Å². The Morgan fingerprint density at radius 3 is 2.21 bits per heavy atom. The maximum Gasteiger partial charge on any atom is 0.416 e. The first-order valence-electron chi connectivity index (χ1n) is 11.2. The van der Waals surface area contributed by atoms with Crippen LogP contribution in [0.5, 0.6) is 11.5 Å². The van der Waals surface area contributed by atoms with Gasteiger partial charge in [-0.15, -0.1) is 0 Å². The second kappa shape index (κ2) is 11.7. The molecule has 0 atom stereocenters. The minimum atomic E-state index is -4.42. The maximum absolute atomic E-state index is 12.8. The number of ether oxygens (including phenoxy) is 2. The van der Waals surface area contributed by atoms with Crippen molar-refractivity contribution < 1.29 is 37.3 Å². The SMILES string of the molecule is O=C(O)CN1C(=O)/C(=C/c2ccc(OCc3ccc(C(F)(F)F)cc3)c(OCc3ccccc3)c2)SC1=S. The molecule has 1 N–H and O–H groups in total. The molecule has 11 heteroatoms. The highest BCUT2D eigenvalue weighted by molar-refractivity contribution is 8.26. The summed E-state index contributed by atoms with van der Waals surface area (Å²) in [5.41, 5.74) is 1.29. The van der Waals surface area contributed by atoms with Gasteiger partial charge in [0, 0.05) is 0 Å². The topological polar surface area (TPSA) is 76.1 Å². The molecule has 4 rings (SSSR count). The second-order valence-corrected chi connectivity index (χ2v) is 9.80. The van der Waals surface area contributed by atoms with E-state index in [1.807, 2.05) is 30.3 Å². The Morgan fingerprint density at radius 1 is 0.947 bits per heavy atom. The molecule has 1 heterocycles. The lowest BCUT2D eigenvalue weighted by Gasteiger charge is -2.14. The number of thiocarbonyl (C=S) groups is 1. The van der Waals surface area contributed by atoms with Gasteiger partial charge < -0.3 is 14.6 Å². The molecule has 0 bridgehead atoms. The number of hydrogen-bond donors (Lipinski definition) is 1. The van der Waals surface area contributed by atoms with Gasteiger partial charge in [-0.25, -0.2) is 0 Å². The minimum Gasteiger partial charge on any atom is -0.485 e. The number of halogens is 3. The monoisotopic (exact) mass is 559 g/mol. The van der Waals surface area contributed by atoms with Gasteiger partial charge in [0.15, 0.2) is 11.5 Å². The first kappa shape index (κ1) is 27.2. The standard InChI is InChI=1S/C27H20F3NO5S2/c28-27(29,30)20-9-6-18(7-10-20)16-35-21-11-8-19(12-22(21)36-15-17-4-2-1-3-5-17)13-23-25(34)31(14-24(32)33)26(37)38-23/h1-13H,14-16H2,(H,32,33)/b23-13-. The zero-order valence-electron chi connectivity index (χ0n) is 19.6. The summed E-state index contributed by atoms with van der Waals surface area (Å²) in [5.74, 6) is -0.961. The molecule has 38 heavy (non-hydrogen) atoms. The van der Waals surface area contributed by atoms with Gasteiger partial charge in [-0.1, -0.05) is 72.5 Å². The summed E-state index contributed by atoms with van der Waals surface area (Å²) < 4.78 is 50.5. The number of amides is 1. The molecule has 0 aromatic heterocycles. The minimum absolute atomic E-state index is 0.00697. The van der Waals surface area contributed by atoms with Crippen LogP contribution < -0.4 is 9.47 Å². The summed E-state index contributed by atoms with van der Waals surface area (Å²) >= 11 is 6.14. The fourth-order valence-electron chi connectivity index (χ4n) is 3.46. The summed E-state index contributed by atoms with van der Waals surface area (Å²) in [6, 6.07) is 19.1. The molecule has 0 radical (unpaired) electrons. The fraction of sp³-hybridized carbons (Fsp3) is 0.148. The zero-order chi connectivity index (χ0) is 27.3. The predicted octanol–water partition coefficient (Wildman–Crippen LogP) is 6.15. The molecule has 1 aliphatic rings. The van der Waals surface area contributed by atoms with E-state index in [1.165, 1.54) is 12.1 Å². The highest BCUT2D eigenvalue weighted by Crippen LogP contribution is 2.35. The van der Waals surface area contributed by atoms with Gasteiger partial charge in [-0.3, -0.25) is 14.5 Å². The van der Waals surface area contributed by atoms with Crippen molar-refractivity contribution in [1.29, 1.82) is 0 Å². The molecule has 0 spiro atoms. The van der Waals surface area contributed by atoms with E-state index in [0.717, 1.165) is 34.4 Å². The molecular formula is C27H20F3NO5S2. The van der Waals surface area contributed by atoms with Gasteiger partial charge in [-0.05, 0) is 47.0 Å². The van der Waals surface area contributed by atoms with Crippen LogP contribution in [0.1, 0.15) is 22.3 Å². The number of carbonyl (C=O) groups is 2. The van der Waals surface area contributed by atoms with Crippen molar-refractivity contribution in [2.75, 3.05) is 6.54 Å². The Kier molecular flexibility index (Phi) is 8.38. The Bertz CT molecular complexity index is 1380. The summed E-state index contributed by atoms with van der Waals surface area (Å²) in [6.45, 7) is -0.293. The number of nitrogens with zero attached hydrogens (tertiary/aromatic N) is 1. The van der Waals surface area contributed by atoms with E-state index in [9.17, 15) is 22.8 Å². The van der Waals surface area contributed by atoms with Crippen molar-refractivity contribution in [1.82, 2.24) is 4.90 Å². The van der Waals surface area contributed by atoms with E-state index < -0.39 is 30.2 Å². The van der Waals surface area contributed by atoms with Gasteiger partial charge in [-0.2, -0.15) is 13.2 Å². The van der Waals surface area contributed by atoms with E-state index in [-0.39, 0.29) is 22.4 Å². The Balaban J connectivity index is 1.55. The summed E-state index contributed by atoms with van der Waals surface area (Å²) in [6.07, 6.45) is -2.84. The van der Waals surface area contributed by atoms with Gasteiger partial charge >= 0.3 is 12.1 Å². The molecule has 3 aromatic carbocycles. The molecule has 0 aliphatic carbocycles. The van der Waals surface area contributed by atoms with Crippen molar-refractivity contribution in [2.24, 2.45) is 0 Å². The Morgan fingerprint density at radius 2 is 1.58 bits per heavy atom. The summed E-state index contributed by atoms with van der Waals surface area (Å²) in [7, 11) is 0. The van der Waals surface area contributed by atoms with Crippen molar-refractivity contribution in [3.63, 3.8) is 0 Å². The first-order valence-corrected chi connectivity index (χ1v) is 12.4. The lowest BCUT2D eigenvalue weighted by atomic mass is 10.1. The number of hydrogen-bond acceptors (Lipinski definition) is 6. The molecule has 1 fully saturated rings. The Hall–Kier alpha value is -3.83. The zero-order valence-corrected chi connectivity index (χ0v) is 21.2. The van der Waals surface area contributed by atoms with Gasteiger partial charge in [0.25, 0.3) is 5.91 Å². The third-order valence-corrected chi connectivity index (χ3v) is 6.72. The van der Waals surface area contributed by atoms with E-state index in [0.29, 0.717) is 22.6 Å². The fourth-order valence-corrected chi connectivity index (χ4v) is 4.71. The lowest BCUT2D eigenvalue weighted by Crippen LogP contribution is -2.33. The van der Waals surface area contributed by atoms with Crippen LogP contribution in [0, 0.1) is 0 Å². The van der Waals surface area contributed by atoms with Crippen molar-refractivity contribution in [3.05, 3.63) is 100.0 Å². The van der Waals surface area contributed by atoms with Crippen LogP contribution >= 0.6 is 24.0 Å². The number of carboxylic acids is 1. The largest absolute Gasteiger partial charge is 0.485 e. The van der Waals surface area contributed by atoms with Crippen LogP contribution in [0.2, 0.25) is 0 Å². The molecule has 1 amide bonds. The van der Waals surface area contributed by atoms with E-state index in [1.54, 1.807) is 24.3 Å². The number of aliphatic carboxylic acids is 1. The van der Waals surface area contributed by atoms with Crippen LogP contribution in [0.4, 0.5) is 13.2 Å². The van der Waals surface area contributed by atoms with Crippen LogP contribution in [0.3, 0.4) is 0 Å².